The first-order valence-corrected chi connectivity index (χ1v) is 7.56. The molecule has 0 bridgehead atoms. The van der Waals surface area contributed by atoms with E-state index in [1.165, 1.54) is 18.3 Å². The molecule has 2 aromatic heterocycles. The number of hydrogen-bond acceptors (Lipinski definition) is 4. The first-order valence-electron chi connectivity index (χ1n) is 7.56. The molecule has 0 N–H and O–H groups in total. The van der Waals surface area contributed by atoms with Crippen LogP contribution in [0.4, 0.5) is 0 Å². The molecule has 23 heavy (non-hydrogen) atoms. The van der Waals surface area contributed by atoms with E-state index in [0.29, 0.717) is 16.3 Å². The average Bonchev–Trinajstić information content (AvgIpc) is 3.30. The lowest BCUT2D eigenvalue weighted by atomic mass is 10.1. The van der Waals surface area contributed by atoms with Crippen LogP contribution in [0.5, 0.6) is 0 Å². The Bertz CT molecular complexity index is 775. The number of nitrogens with zero attached hydrogens (tertiary/aromatic N) is 2. The fraction of sp³-hybridized carbons (Fsp3) is 0.353. The molecule has 0 saturated heterocycles. The van der Waals surface area contributed by atoms with E-state index in [-0.39, 0.29) is 18.1 Å². The van der Waals surface area contributed by atoms with Crippen molar-refractivity contribution < 1.29 is 19.1 Å². The van der Waals surface area contributed by atoms with Gasteiger partial charge in [0.2, 0.25) is 5.78 Å². The molecule has 3 rings (SSSR count). The quantitative estimate of drug-likeness (QED) is 0.367. The summed E-state index contributed by atoms with van der Waals surface area (Å²) in [5, 5.41) is 11.5. The van der Waals surface area contributed by atoms with Crippen molar-refractivity contribution in [2.45, 2.75) is 32.7 Å². The van der Waals surface area contributed by atoms with Crippen LogP contribution >= 0.6 is 0 Å². The maximum absolute atomic E-state index is 12.3. The van der Waals surface area contributed by atoms with Crippen LogP contribution in [0.2, 0.25) is 0 Å². The van der Waals surface area contributed by atoms with Crippen LogP contribution < -0.4 is 4.73 Å². The molecule has 6 nitrogen and oxygen atoms in total. The third-order valence-corrected chi connectivity index (χ3v) is 4.06. The molecule has 0 amide bonds. The van der Waals surface area contributed by atoms with E-state index in [4.69, 9.17) is 4.74 Å². The molecule has 0 spiro atoms. The monoisotopic (exact) mass is 314 g/mol. The van der Waals surface area contributed by atoms with E-state index >= 15 is 0 Å². The van der Waals surface area contributed by atoms with E-state index in [0.717, 1.165) is 24.2 Å². The van der Waals surface area contributed by atoms with Gasteiger partial charge in [-0.3, -0.25) is 4.79 Å². The number of rotatable bonds is 5. The zero-order valence-corrected chi connectivity index (χ0v) is 13.1. The predicted molar refractivity (Wildman–Crippen MR) is 82.2 cm³/mol. The minimum atomic E-state index is -0.801. The number of pyridine rings is 1. The maximum Gasteiger partial charge on any atom is 0.405 e. The van der Waals surface area contributed by atoms with Crippen molar-refractivity contribution in [3.05, 3.63) is 58.3 Å². The number of carbonyl (C=O) groups is 2. The zero-order chi connectivity index (χ0) is 16.6. The fourth-order valence-electron chi connectivity index (χ4n) is 2.82. The average molecular weight is 314 g/mol. The summed E-state index contributed by atoms with van der Waals surface area (Å²) in [6, 6.07) is 6.76. The van der Waals surface area contributed by atoms with Crippen molar-refractivity contribution in [3.8, 4) is 0 Å². The molecular weight excluding hydrogens is 296 g/mol. The van der Waals surface area contributed by atoms with Gasteiger partial charge in [-0.2, -0.15) is 4.73 Å². The van der Waals surface area contributed by atoms with E-state index in [1.54, 1.807) is 6.07 Å². The first-order chi connectivity index (χ1) is 11.0. The Morgan fingerprint density at radius 3 is 2.74 bits per heavy atom. The molecule has 0 aliphatic heterocycles. The summed E-state index contributed by atoms with van der Waals surface area (Å²) in [5.41, 5.74) is 2.39. The number of carbonyl (C=O) groups excluding carboxylic acids is 2. The summed E-state index contributed by atoms with van der Waals surface area (Å²) in [4.78, 5) is 24.2. The zero-order valence-electron chi connectivity index (χ0n) is 13.1. The highest BCUT2D eigenvalue weighted by molar-refractivity contribution is 6.00. The Hall–Kier alpha value is -2.63. The Kier molecular flexibility index (Phi) is 3.90. The highest BCUT2D eigenvalue weighted by Gasteiger charge is 2.28. The van der Waals surface area contributed by atoms with Crippen molar-refractivity contribution in [1.82, 2.24) is 4.57 Å². The normalized spacial score (nSPS) is 13.8. The maximum atomic E-state index is 12.3. The smallest absolute Gasteiger partial charge is 0.405 e. The largest absolute Gasteiger partial charge is 0.618 e. The molecule has 6 heteroatoms. The predicted octanol–water partition coefficient (Wildman–Crippen LogP) is 2.11. The Morgan fingerprint density at radius 2 is 2.09 bits per heavy atom. The second kappa shape index (κ2) is 5.87. The second-order valence-corrected chi connectivity index (χ2v) is 5.80. The third-order valence-electron chi connectivity index (χ3n) is 4.06. The number of esters is 1. The minimum absolute atomic E-state index is 0.135. The number of hydrogen-bond donors (Lipinski definition) is 0. The third kappa shape index (κ3) is 2.97. The molecule has 1 aliphatic rings. The molecule has 0 unspecified atom stereocenters. The van der Waals surface area contributed by atoms with Gasteiger partial charge in [-0.1, -0.05) is 0 Å². The van der Waals surface area contributed by atoms with Crippen molar-refractivity contribution in [2.24, 2.45) is 0 Å². The van der Waals surface area contributed by atoms with Gasteiger partial charge < -0.3 is 14.5 Å². The lowest BCUT2D eigenvalue weighted by Gasteiger charge is -2.08. The van der Waals surface area contributed by atoms with Crippen molar-refractivity contribution in [2.75, 3.05) is 6.61 Å². The first kappa shape index (κ1) is 15.3. The van der Waals surface area contributed by atoms with Crippen molar-refractivity contribution in [3.63, 3.8) is 0 Å². The van der Waals surface area contributed by atoms with E-state index in [1.807, 2.05) is 19.9 Å². The molecular formula is C17H18N2O4. The van der Waals surface area contributed by atoms with E-state index in [2.05, 4.69) is 4.57 Å². The van der Waals surface area contributed by atoms with Crippen LogP contribution in [0.15, 0.2) is 30.5 Å². The fourth-order valence-corrected chi connectivity index (χ4v) is 2.82. The molecule has 0 aromatic carbocycles. The number of ether oxygens (including phenoxy) is 1. The SMILES string of the molecule is Cc1cc(C(=O)COC(=O)c2cccc[n+]2[O-])c(C)n1C1CC1. The van der Waals surface area contributed by atoms with Crippen LogP contribution in [0.25, 0.3) is 0 Å². The standard InChI is InChI=1S/C17H18N2O4/c1-11-9-14(12(2)19(11)13-6-7-13)16(20)10-23-17(21)15-5-3-4-8-18(15)22/h3-5,8-9,13H,6-7,10H2,1-2H3. The van der Waals surface area contributed by atoms with Gasteiger partial charge in [-0.05, 0) is 38.8 Å². The number of aryl methyl sites for hydroxylation is 1. The number of Topliss-reactive ketones (excluding diaryl/α,β-unsaturated/α-hetero) is 1. The van der Waals surface area contributed by atoms with Gasteiger partial charge >= 0.3 is 11.7 Å². The van der Waals surface area contributed by atoms with Crippen LogP contribution in [-0.2, 0) is 4.74 Å². The topological polar surface area (TPSA) is 75.2 Å². The van der Waals surface area contributed by atoms with Gasteiger partial charge in [-0.15, -0.1) is 0 Å². The summed E-state index contributed by atoms with van der Waals surface area (Å²) in [6.45, 7) is 3.50. The number of aromatic nitrogens is 2. The van der Waals surface area contributed by atoms with Crippen LogP contribution in [0.1, 0.15) is 51.1 Å². The van der Waals surface area contributed by atoms with Gasteiger partial charge in [0.15, 0.2) is 12.8 Å². The van der Waals surface area contributed by atoms with Crippen molar-refractivity contribution in [1.29, 1.82) is 0 Å². The van der Waals surface area contributed by atoms with Crippen LogP contribution in [-0.4, -0.2) is 22.9 Å². The van der Waals surface area contributed by atoms with E-state index in [9.17, 15) is 14.8 Å². The highest BCUT2D eigenvalue weighted by Crippen LogP contribution is 2.38. The van der Waals surface area contributed by atoms with Crippen molar-refractivity contribution >= 4 is 11.8 Å². The molecule has 0 atom stereocenters. The molecule has 1 aliphatic carbocycles. The lowest BCUT2D eigenvalue weighted by molar-refractivity contribution is -0.608. The number of ketones is 1. The highest BCUT2D eigenvalue weighted by atomic mass is 16.5. The lowest BCUT2D eigenvalue weighted by Crippen LogP contribution is -2.35. The Balaban J connectivity index is 1.69. The molecule has 0 radical (unpaired) electrons. The van der Waals surface area contributed by atoms with Gasteiger partial charge in [-0.25, -0.2) is 4.79 Å². The second-order valence-electron chi connectivity index (χ2n) is 5.80. The molecule has 1 saturated carbocycles. The molecule has 2 aromatic rings. The van der Waals surface area contributed by atoms with Crippen LogP contribution in [0, 0.1) is 19.1 Å². The summed E-state index contributed by atoms with van der Waals surface area (Å²) >= 11 is 0. The molecule has 120 valence electrons. The summed E-state index contributed by atoms with van der Waals surface area (Å²) in [5.74, 6) is -1.06. The summed E-state index contributed by atoms with van der Waals surface area (Å²) in [7, 11) is 0. The van der Waals surface area contributed by atoms with Gasteiger partial charge in [0, 0.05) is 35.1 Å². The van der Waals surface area contributed by atoms with Gasteiger partial charge in [0.05, 0.1) is 0 Å². The van der Waals surface area contributed by atoms with Crippen LogP contribution in [0.3, 0.4) is 0 Å². The summed E-state index contributed by atoms with van der Waals surface area (Å²) in [6.07, 6.45) is 3.48. The minimum Gasteiger partial charge on any atom is -0.618 e. The summed E-state index contributed by atoms with van der Waals surface area (Å²) < 4.78 is 7.57. The molecule has 2 heterocycles. The molecule has 1 fully saturated rings. The Morgan fingerprint density at radius 1 is 1.35 bits per heavy atom. The van der Waals surface area contributed by atoms with E-state index < -0.39 is 5.97 Å². The van der Waals surface area contributed by atoms with Gasteiger partial charge in [0.25, 0.3) is 0 Å². The van der Waals surface area contributed by atoms with Gasteiger partial charge in [0.1, 0.15) is 0 Å². The Labute approximate surface area is 133 Å².